The van der Waals surface area contributed by atoms with Crippen molar-refractivity contribution in [1.29, 1.82) is 0 Å². The van der Waals surface area contributed by atoms with Crippen LogP contribution in [0.4, 0.5) is 23.2 Å². The quantitative estimate of drug-likeness (QED) is 0.788. The predicted molar refractivity (Wildman–Crippen MR) is 81.7 cm³/mol. The highest BCUT2D eigenvalue weighted by Gasteiger charge is 2.30. The first kappa shape index (κ1) is 18.9. The Morgan fingerprint density at radius 3 is 2.28 bits per heavy atom. The van der Waals surface area contributed by atoms with E-state index in [0.29, 0.717) is 0 Å². The van der Waals surface area contributed by atoms with Gasteiger partial charge in [0.15, 0.2) is 0 Å². The van der Waals surface area contributed by atoms with Crippen molar-refractivity contribution < 1.29 is 30.8 Å². The number of amides is 1. The van der Waals surface area contributed by atoms with Crippen molar-refractivity contribution in [3.63, 3.8) is 0 Å². The van der Waals surface area contributed by atoms with E-state index in [2.05, 4.69) is 5.32 Å². The molecule has 2 rings (SSSR count). The third kappa shape index (κ3) is 5.26. The van der Waals surface area contributed by atoms with E-state index in [4.69, 9.17) is 0 Å². The summed E-state index contributed by atoms with van der Waals surface area (Å²) in [5, 5.41) is 2.16. The summed E-state index contributed by atoms with van der Waals surface area (Å²) < 4.78 is 76.4. The van der Waals surface area contributed by atoms with Crippen molar-refractivity contribution in [3.05, 3.63) is 59.9 Å². The van der Waals surface area contributed by atoms with Gasteiger partial charge in [-0.05, 0) is 42.5 Å². The Bertz CT molecular complexity index is 865. The summed E-state index contributed by atoms with van der Waals surface area (Å²) in [6.07, 6.45) is -4.56. The maximum absolute atomic E-state index is 12.8. The molecule has 0 aromatic heterocycles. The van der Waals surface area contributed by atoms with Crippen LogP contribution in [0.25, 0.3) is 0 Å². The Morgan fingerprint density at radius 2 is 1.68 bits per heavy atom. The van der Waals surface area contributed by atoms with E-state index in [1.807, 2.05) is 4.72 Å². The van der Waals surface area contributed by atoms with Gasteiger partial charge < -0.3 is 5.32 Å². The molecule has 0 saturated heterocycles. The van der Waals surface area contributed by atoms with Gasteiger partial charge in [-0.15, -0.1) is 0 Å². The number of sulfonamides is 1. The van der Waals surface area contributed by atoms with Crippen molar-refractivity contribution in [1.82, 2.24) is 4.72 Å². The van der Waals surface area contributed by atoms with Gasteiger partial charge in [0.1, 0.15) is 5.82 Å². The number of halogens is 4. The van der Waals surface area contributed by atoms with E-state index in [1.165, 1.54) is 6.07 Å². The van der Waals surface area contributed by atoms with Gasteiger partial charge in [0.05, 0.1) is 17.0 Å². The van der Waals surface area contributed by atoms with E-state index < -0.39 is 40.0 Å². The largest absolute Gasteiger partial charge is 0.416 e. The average molecular weight is 376 g/mol. The summed E-state index contributed by atoms with van der Waals surface area (Å²) in [7, 11) is -4.05. The molecule has 1 amide bonds. The Kier molecular flexibility index (Phi) is 5.43. The number of carbonyl (C=O) groups excluding carboxylic acids is 1. The van der Waals surface area contributed by atoms with Crippen molar-refractivity contribution in [3.8, 4) is 0 Å². The first-order valence-corrected chi connectivity index (χ1v) is 8.28. The first-order chi connectivity index (χ1) is 11.6. The summed E-state index contributed by atoms with van der Waals surface area (Å²) in [5.41, 5.74) is -1.07. The van der Waals surface area contributed by atoms with Crippen LogP contribution in [-0.4, -0.2) is 20.9 Å². The third-order valence-corrected chi connectivity index (χ3v) is 4.44. The lowest BCUT2D eigenvalue weighted by Gasteiger charge is -2.10. The molecule has 0 bridgehead atoms. The van der Waals surface area contributed by atoms with Gasteiger partial charge in [-0.2, -0.15) is 13.2 Å². The number of benzene rings is 2. The molecule has 25 heavy (non-hydrogen) atoms. The van der Waals surface area contributed by atoms with Crippen LogP contribution < -0.4 is 10.0 Å². The van der Waals surface area contributed by atoms with Gasteiger partial charge in [-0.25, -0.2) is 17.5 Å². The van der Waals surface area contributed by atoms with Crippen molar-refractivity contribution in [2.24, 2.45) is 0 Å². The molecule has 0 saturated carbocycles. The zero-order valence-corrected chi connectivity index (χ0v) is 13.3. The van der Waals surface area contributed by atoms with Gasteiger partial charge in [0, 0.05) is 5.69 Å². The lowest BCUT2D eigenvalue weighted by atomic mass is 10.2. The Labute approximate surface area is 140 Å². The number of rotatable bonds is 5. The molecule has 134 valence electrons. The Morgan fingerprint density at radius 1 is 1.04 bits per heavy atom. The molecule has 2 N–H and O–H groups in total. The molecule has 0 atom stereocenters. The zero-order valence-electron chi connectivity index (χ0n) is 12.5. The Balaban J connectivity index is 2.00. The summed E-state index contributed by atoms with van der Waals surface area (Å²) >= 11 is 0. The number of alkyl halides is 3. The molecule has 2 aromatic rings. The van der Waals surface area contributed by atoms with Gasteiger partial charge in [-0.3, -0.25) is 4.79 Å². The van der Waals surface area contributed by atoms with Gasteiger partial charge in [0.2, 0.25) is 15.9 Å². The van der Waals surface area contributed by atoms with Crippen LogP contribution in [0.3, 0.4) is 0 Å². The lowest BCUT2D eigenvalue weighted by molar-refractivity contribution is -0.137. The SMILES string of the molecule is O=C(CNS(=O)(=O)c1ccc(F)cc1)Nc1cccc(C(F)(F)F)c1. The molecule has 0 aliphatic heterocycles. The van der Waals surface area contributed by atoms with Gasteiger partial charge >= 0.3 is 6.18 Å². The van der Waals surface area contributed by atoms with Crippen LogP contribution >= 0.6 is 0 Å². The molecule has 0 aliphatic carbocycles. The fourth-order valence-electron chi connectivity index (χ4n) is 1.84. The molecule has 0 heterocycles. The van der Waals surface area contributed by atoms with Crippen LogP contribution in [0.5, 0.6) is 0 Å². The molecule has 0 unspecified atom stereocenters. The fourth-order valence-corrected chi connectivity index (χ4v) is 2.82. The molecule has 0 aliphatic rings. The van der Waals surface area contributed by atoms with Gasteiger partial charge in [-0.1, -0.05) is 6.07 Å². The van der Waals surface area contributed by atoms with E-state index in [9.17, 15) is 30.8 Å². The number of anilines is 1. The highest BCUT2D eigenvalue weighted by Crippen LogP contribution is 2.30. The molecular weight excluding hydrogens is 364 g/mol. The molecule has 5 nitrogen and oxygen atoms in total. The molecule has 0 radical (unpaired) electrons. The molecule has 0 spiro atoms. The summed E-state index contributed by atoms with van der Waals surface area (Å²) in [6.45, 7) is -0.698. The second-order valence-electron chi connectivity index (χ2n) is 4.91. The molecule has 10 heteroatoms. The normalized spacial score (nSPS) is 12.0. The highest BCUT2D eigenvalue weighted by molar-refractivity contribution is 7.89. The lowest BCUT2D eigenvalue weighted by Crippen LogP contribution is -2.32. The Hall–Kier alpha value is -2.46. The smallest absolute Gasteiger partial charge is 0.325 e. The monoisotopic (exact) mass is 376 g/mol. The summed E-state index contributed by atoms with van der Waals surface area (Å²) in [4.78, 5) is 11.5. The minimum absolute atomic E-state index is 0.124. The maximum Gasteiger partial charge on any atom is 0.416 e. The summed E-state index contributed by atoms with van der Waals surface area (Å²) in [6, 6.07) is 7.83. The van der Waals surface area contributed by atoms with E-state index in [-0.39, 0.29) is 10.6 Å². The van der Waals surface area contributed by atoms with Crippen LogP contribution in [0, 0.1) is 5.82 Å². The van der Waals surface area contributed by atoms with Gasteiger partial charge in [0.25, 0.3) is 0 Å². The van der Waals surface area contributed by atoms with Crippen molar-refractivity contribution in [2.75, 3.05) is 11.9 Å². The minimum Gasteiger partial charge on any atom is -0.325 e. The highest BCUT2D eigenvalue weighted by atomic mass is 32.2. The second kappa shape index (κ2) is 7.19. The fraction of sp³-hybridized carbons (Fsp3) is 0.133. The van der Waals surface area contributed by atoms with E-state index >= 15 is 0 Å². The topological polar surface area (TPSA) is 75.3 Å². The van der Waals surface area contributed by atoms with Crippen LogP contribution in [0.2, 0.25) is 0 Å². The third-order valence-electron chi connectivity index (χ3n) is 3.02. The molecule has 0 fully saturated rings. The first-order valence-electron chi connectivity index (χ1n) is 6.80. The van der Waals surface area contributed by atoms with Crippen molar-refractivity contribution in [2.45, 2.75) is 11.1 Å². The van der Waals surface area contributed by atoms with Crippen LogP contribution in [0.1, 0.15) is 5.56 Å². The number of carbonyl (C=O) groups is 1. The maximum atomic E-state index is 12.8. The van der Waals surface area contributed by atoms with Crippen LogP contribution in [0.15, 0.2) is 53.4 Å². The predicted octanol–water partition coefficient (Wildman–Crippen LogP) is 2.76. The molecular formula is C15H12F4N2O3S. The second-order valence-corrected chi connectivity index (χ2v) is 6.67. The van der Waals surface area contributed by atoms with Crippen LogP contribution in [-0.2, 0) is 21.0 Å². The minimum atomic E-state index is -4.56. The van der Waals surface area contributed by atoms with E-state index in [0.717, 1.165) is 42.5 Å². The molecule has 2 aromatic carbocycles. The summed E-state index contributed by atoms with van der Waals surface area (Å²) in [5.74, 6) is -1.48. The number of hydrogen-bond donors (Lipinski definition) is 2. The standard InChI is InChI=1S/C15H12F4N2O3S/c16-11-4-6-13(7-5-11)25(23,24)20-9-14(22)21-12-3-1-2-10(8-12)15(17,18)19/h1-8,20H,9H2,(H,21,22). The van der Waals surface area contributed by atoms with Crippen molar-refractivity contribution >= 4 is 21.6 Å². The zero-order chi connectivity index (χ0) is 18.7. The number of nitrogens with one attached hydrogen (secondary N) is 2. The number of hydrogen-bond acceptors (Lipinski definition) is 3. The van der Waals surface area contributed by atoms with E-state index in [1.54, 1.807) is 0 Å². The average Bonchev–Trinajstić information content (AvgIpc) is 2.53.